The SMILES string of the molecule is CCC1(P(c2ccccc2)c2ccccc2)CCC[C@@H]1Cc1ccccc1. The Morgan fingerprint density at radius 1 is 0.778 bits per heavy atom. The fourth-order valence-electron chi connectivity index (χ4n) is 5.05. The van der Waals surface area contributed by atoms with Crippen LogP contribution in [0, 0.1) is 5.92 Å². The lowest BCUT2D eigenvalue weighted by Gasteiger charge is -2.43. The first-order valence-electron chi connectivity index (χ1n) is 10.3. The van der Waals surface area contributed by atoms with E-state index in [1.165, 1.54) is 37.7 Å². The van der Waals surface area contributed by atoms with Crippen molar-refractivity contribution in [1.82, 2.24) is 0 Å². The van der Waals surface area contributed by atoms with Crippen molar-refractivity contribution in [2.24, 2.45) is 5.92 Å². The Kier molecular flexibility index (Phi) is 5.74. The van der Waals surface area contributed by atoms with E-state index in [1.807, 2.05) is 0 Å². The van der Waals surface area contributed by atoms with Gasteiger partial charge in [-0.05, 0) is 55.7 Å². The Bertz CT molecular complexity index is 788. The van der Waals surface area contributed by atoms with Crippen molar-refractivity contribution in [2.45, 2.75) is 44.2 Å². The molecule has 0 nitrogen and oxygen atoms in total. The molecule has 0 bridgehead atoms. The van der Waals surface area contributed by atoms with Crippen LogP contribution in [0.1, 0.15) is 38.2 Å². The predicted molar refractivity (Wildman–Crippen MR) is 120 cm³/mol. The lowest BCUT2D eigenvalue weighted by Crippen LogP contribution is -2.38. The molecule has 0 spiro atoms. The highest BCUT2D eigenvalue weighted by molar-refractivity contribution is 7.74. The highest BCUT2D eigenvalue weighted by atomic mass is 31.1. The van der Waals surface area contributed by atoms with E-state index in [1.54, 1.807) is 10.6 Å². The third-order valence-corrected chi connectivity index (χ3v) is 9.76. The fourth-order valence-corrected chi connectivity index (χ4v) is 8.60. The minimum absolute atomic E-state index is 0.372. The molecule has 1 saturated carbocycles. The van der Waals surface area contributed by atoms with Crippen molar-refractivity contribution in [3.63, 3.8) is 0 Å². The summed E-state index contributed by atoms with van der Waals surface area (Å²) in [6, 6.07) is 33.8. The highest BCUT2D eigenvalue weighted by Crippen LogP contribution is 2.61. The Morgan fingerprint density at radius 2 is 1.30 bits per heavy atom. The van der Waals surface area contributed by atoms with Crippen LogP contribution in [0.25, 0.3) is 0 Å². The molecule has 1 aliphatic rings. The predicted octanol–water partition coefficient (Wildman–Crippen LogP) is 6.31. The van der Waals surface area contributed by atoms with Gasteiger partial charge in [-0.3, -0.25) is 0 Å². The summed E-state index contributed by atoms with van der Waals surface area (Å²) in [5.74, 6) is 0.761. The number of rotatable bonds is 6. The van der Waals surface area contributed by atoms with Crippen molar-refractivity contribution in [3.05, 3.63) is 96.6 Å². The molecule has 1 heteroatoms. The van der Waals surface area contributed by atoms with Crippen LogP contribution in [0.5, 0.6) is 0 Å². The van der Waals surface area contributed by atoms with E-state index < -0.39 is 0 Å². The summed E-state index contributed by atoms with van der Waals surface area (Å²) < 4.78 is 0. The van der Waals surface area contributed by atoms with E-state index in [9.17, 15) is 0 Å². The van der Waals surface area contributed by atoms with Gasteiger partial charge in [-0.1, -0.05) is 104 Å². The Balaban J connectivity index is 1.78. The first-order chi connectivity index (χ1) is 13.3. The molecule has 1 unspecified atom stereocenters. The van der Waals surface area contributed by atoms with Crippen LogP contribution in [0.4, 0.5) is 0 Å². The minimum Gasteiger partial charge on any atom is -0.0645 e. The molecule has 1 aliphatic carbocycles. The van der Waals surface area contributed by atoms with Gasteiger partial charge in [0.15, 0.2) is 0 Å². The van der Waals surface area contributed by atoms with Crippen LogP contribution in [-0.4, -0.2) is 5.16 Å². The zero-order valence-electron chi connectivity index (χ0n) is 16.2. The van der Waals surface area contributed by atoms with Crippen molar-refractivity contribution < 1.29 is 0 Å². The van der Waals surface area contributed by atoms with E-state index in [0.29, 0.717) is 5.16 Å². The first kappa shape index (κ1) is 18.5. The van der Waals surface area contributed by atoms with Gasteiger partial charge >= 0.3 is 0 Å². The van der Waals surface area contributed by atoms with Crippen molar-refractivity contribution >= 4 is 18.5 Å². The summed E-state index contributed by atoms with van der Waals surface area (Å²) in [4.78, 5) is 0. The molecule has 0 heterocycles. The summed E-state index contributed by atoms with van der Waals surface area (Å²) in [7, 11) is -0.372. The number of hydrogen-bond donors (Lipinski definition) is 0. The van der Waals surface area contributed by atoms with E-state index in [-0.39, 0.29) is 7.92 Å². The molecule has 4 rings (SSSR count). The smallest absolute Gasteiger partial charge is 0.00144 e. The van der Waals surface area contributed by atoms with Gasteiger partial charge in [0, 0.05) is 5.16 Å². The van der Waals surface area contributed by atoms with Crippen LogP contribution in [0.3, 0.4) is 0 Å². The lowest BCUT2D eigenvalue weighted by molar-refractivity contribution is 0.413. The molecule has 138 valence electrons. The summed E-state index contributed by atoms with van der Waals surface area (Å²) in [6.07, 6.45) is 6.56. The lowest BCUT2D eigenvalue weighted by atomic mass is 9.87. The van der Waals surface area contributed by atoms with Crippen LogP contribution < -0.4 is 10.6 Å². The molecule has 2 atom stereocenters. The average molecular weight is 372 g/mol. The zero-order valence-corrected chi connectivity index (χ0v) is 17.1. The van der Waals surface area contributed by atoms with Gasteiger partial charge < -0.3 is 0 Å². The second-order valence-electron chi connectivity index (χ2n) is 7.74. The van der Waals surface area contributed by atoms with Crippen LogP contribution in [-0.2, 0) is 6.42 Å². The monoisotopic (exact) mass is 372 g/mol. The van der Waals surface area contributed by atoms with Gasteiger partial charge in [0.05, 0.1) is 0 Å². The molecule has 0 amide bonds. The molecule has 0 saturated heterocycles. The van der Waals surface area contributed by atoms with Gasteiger partial charge in [0.2, 0.25) is 0 Å². The Labute approximate surface area is 165 Å². The zero-order chi connectivity index (χ0) is 18.5. The first-order valence-corrected chi connectivity index (χ1v) is 11.6. The van der Waals surface area contributed by atoms with Crippen LogP contribution in [0.15, 0.2) is 91.0 Å². The van der Waals surface area contributed by atoms with Gasteiger partial charge in [-0.2, -0.15) is 0 Å². The van der Waals surface area contributed by atoms with Crippen molar-refractivity contribution in [1.29, 1.82) is 0 Å². The molecule has 27 heavy (non-hydrogen) atoms. The maximum Gasteiger partial charge on any atom is 0.00144 e. The minimum atomic E-state index is -0.372. The Morgan fingerprint density at radius 3 is 1.81 bits per heavy atom. The second-order valence-corrected chi connectivity index (χ2v) is 10.3. The molecule has 1 fully saturated rings. The molecule has 0 aromatic heterocycles. The highest BCUT2D eigenvalue weighted by Gasteiger charge is 2.47. The van der Waals surface area contributed by atoms with E-state index in [0.717, 1.165) is 5.92 Å². The third-order valence-electron chi connectivity index (χ3n) is 6.33. The Hall–Kier alpha value is -1.91. The molecule has 3 aromatic rings. The van der Waals surface area contributed by atoms with Gasteiger partial charge in [-0.25, -0.2) is 0 Å². The van der Waals surface area contributed by atoms with Gasteiger partial charge in [-0.15, -0.1) is 0 Å². The standard InChI is InChI=1S/C26H29P/c1-2-26(20-12-15-23(26)21-22-13-6-3-7-14-22)27(24-16-8-4-9-17-24)25-18-10-5-11-19-25/h3-11,13-14,16-19,23H,2,12,15,20-21H2,1H3/t23-,26?/m1/s1. The van der Waals surface area contributed by atoms with Gasteiger partial charge in [0.25, 0.3) is 0 Å². The summed E-state index contributed by atoms with van der Waals surface area (Å²) in [5.41, 5.74) is 1.50. The van der Waals surface area contributed by atoms with Crippen molar-refractivity contribution in [3.8, 4) is 0 Å². The van der Waals surface area contributed by atoms with Crippen LogP contribution in [0.2, 0.25) is 0 Å². The molecule has 0 aliphatic heterocycles. The molecular formula is C26H29P. The molecule has 0 N–H and O–H groups in total. The maximum absolute atomic E-state index is 2.44. The molecular weight excluding hydrogens is 343 g/mol. The molecule has 3 aromatic carbocycles. The van der Waals surface area contributed by atoms with Crippen molar-refractivity contribution in [2.75, 3.05) is 0 Å². The summed E-state index contributed by atoms with van der Waals surface area (Å²) in [6.45, 7) is 2.44. The van der Waals surface area contributed by atoms with E-state index >= 15 is 0 Å². The second kappa shape index (κ2) is 8.41. The average Bonchev–Trinajstić information content (AvgIpc) is 3.14. The number of benzene rings is 3. The summed E-state index contributed by atoms with van der Waals surface area (Å²) >= 11 is 0. The normalized spacial score (nSPS) is 22.2. The van der Waals surface area contributed by atoms with E-state index in [4.69, 9.17) is 0 Å². The molecule has 0 radical (unpaired) electrons. The summed E-state index contributed by atoms with van der Waals surface area (Å²) in [5, 5.41) is 3.48. The quantitative estimate of drug-likeness (QED) is 0.445. The van der Waals surface area contributed by atoms with E-state index in [2.05, 4.69) is 97.9 Å². The van der Waals surface area contributed by atoms with Gasteiger partial charge in [0.1, 0.15) is 0 Å². The van der Waals surface area contributed by atoms with Crippen LogP contribution >= 0.6 is 7.92 Å². The number of hydrogen-bond acceptors (Lipinski definition) is 0. The topological polar surface area (TPSA) is 0 Å². The largest absolute Gasteiger partial charge is 0.0645 e. The maximum atomic E-state index is 2.44. The fraction of sp³-hybridized carbons (Fsp3) is 0.308. The third kappa shape index (κ3) is 3.74.